The summed E-state index contributed by atoms with van der Waals surface area (Å²) in [5, 5.41) is -0.253. The Kier molecular flexibility index (Phi) is 5.89. The number of anilines is 1. The average molecular weight is 433 g/mol. The normalized spacial score (nSPS) is 18.8. The third-order valence-electron chi connectivity index (χ3n) is 4.82. The van der Waals surface area contributed by atoms with Gasteiger partial charge in [-0.3, -0.25) is 14.5 Å². The van der Waals surface area contributed by atoms with E-state index in [9.17, 15) is 14.0 Å². The molecule has 0 unspecified atom stereocenters. The van der Waals surface area contributed by atoms with Crippen molar-refractivity contribution in [1.29, 1.82) is 0 Å². The van der Waals surface area contributed by atoms with Gasteiger partial charge in [-0.1, -0.05) is 29.8 Å². The monoisotopic (exact) mass is 432 g/mol. The highest BCUT2D eigenvalue weighted by Crippen LogP contribution is 2.34. The molecular formula is C21H18ClFN2O3S. The average Bonchev–Trinajstić information content (AvgIpc) is 2.99. The molecule has 2 aromatic carbocycles. The van der Waals surface area contributed by atoms with Gasteiger partial charge in [-0.05, 0) is 47.7 Å². The van der Waals surface area contributed by atoms with E-state index in [0.29, 0.717) is 18.1 Å². The smallest absolute Gasteiger partial charge is 0.293 e. The van der Waals surface area contributed by atoms with Crippen LogP contribution >= 0.6 is 23.4 Å². The molecule has 2 amide bonds. The topological polar surface area (TPSA) is 49.9 Å². The number of ether oxygens (including phenoxy) is 1. The van der Waals surface area contributed by atoms with Crippen molar-refractivity contribution in [2.75, 3.05) is 31.2 Å². The fourth-order valence-electron chi connectivity index (χ4n) is 3.23. The molecular weight excluding hydrogens is 415 g/mol. The number of carbonyl (C=O) groups is 2. The van der Waals surface area contributed by atoms with E-state index >= 15 is 0 Å². The largest absolute Gasteiger partial charge is 0.378 e. The van der Waals surface area contributed by atoms with E-state index < -0.39 is 17.0 Å². The standard InChI is InChI=1S/C21H18ClFN2O3S/c22-17-2-1-3-18(23)16(17)13-25-20(26)19(29-21(25)27)12-14-4-6-15(7-5-14)24-8-10-28-11-9-24/h1-7,12H,8-11,13H2/b19-12-. The minimum atomic E-state index is -0.542. The van der Waals surface area contributed by atoms with Gasteiger partial charge in [0.05, 0.1) is 24.7 Å². The molecule has 2 aliphatic heterocycles. The SMILES string of the molecule is O=C1S/C(=C\c2ccc(N3CCOCC3)cc2)C(=O)N1Cc1c(F)cccc1Cl. The van der Waals surface area contributed by atoms with Gasteiger partial charge in [-0.15, -0.1) is 0 Å². The molecule has 0 radical (unpaired) electrons. The molecule has 2 heterocycles. The van der Waals surface area contributed by atoms with Crippen molar-refractivity contribution < 1.29 is 18.7 Å². The highest BCUT2D eigenvalue weighted by Gasteiger charge is 2.35. The molecule has 0 saturated carbocycles. The van der Waals surface area contributed by atoms with Gasteiger partial charge < -0.3 is 9.64 Å². The van der Waals surface area contributed by atoms with E-state index in [1.807, 2.05) is 24.3 Å². The molecule has 0 bridgehead atoms. The predicted octanol–water partition coefficient (Wildman–Crippen LogP) is 4.55. The van der Waals surface area contributed by atoms with Crippen LogP contribution in [-0.4, -0.2) is 42.3 Å². The first-order valence-electron chi connectivity index (χ1n) is 9.14. The second-order valence-electron chi connectivity index (χ2n) is 6.66. The third-order valence-corrected chi connectivity index (χ3v) is 6.08. The number of rotatable bonds is 4. The first-order chi connectivity index (χ1) is 14.0. The van der Waals surface area contributed by atoms with E-state index in [4.69, 9.17) is 16.3 Å². The van der Waals surface area contributed by atoms with Gasteiger partial charge in [0.2, 0.25) is 0 Å². The van der Waals surface area contributed by atoms with Crippen LogP contribution in [-0.2, 0) is 16.1 Å². The number of benzene rings is 2. The van der Waals surface area contributed by atoms with Crippen molar-refractivity contribution in [1.82, 2.24) is 4.90 Å². The van der Waals surface area contributed by atoms with E-state index in [0.717, 1.165) is 41.0 Å². The van der Waals surface area contributed by atoms with Crippen molar-refractivity contribution in [3.05, 3.63) is 69.3 Å². The summed E-state index contributed by atoms with van der Waals surface area (Å²) >= 11 is 6.87. The first kappa shape index (κ1) is 19.9. The van der Waals surface area contributed by atoms with E-state index in [-0.39, 0.29) is 17.1 Å². The predicted molar refractivity (Wildman–Crippen MR) is 112 cm³/mol. The van der Waals surface area contributed by atoms with Crippen molar-refractivity contribution in [2.24, 2.45) is 0 Å². The Bertz CT molecular complexity index is 954. The molecule has 150 valence electrons. The summed E-state index contributed by atoms with van der Waals surface area (Å²) in [6.45, 7) is 2.92. The van der Waals surface area contributed by atoms with Crippen LogP contribution in [0.15, 0.2) is 47.4 Å². The minimum absolute atomic E-state index is 0.132. The number of morpholine rings is 1. The van der Waals surface area contributed by atoms with Crippen LogP contribution in [0.25, 0.3) is 6.08 Å². The first-order valence-corrected chi connectivity index (χ1v) is 10.3. The molecule has 2 aliphatic rings. The summed E-state index contributed by atoms with van der Waals surface area (Å²) < 4.78 is 19.4. The maximum absolute atomic E-state index is 14.0. The molecule has 0 N–H and O–H groups in total. The van der Waals surface area contributed by atoms with Crippen LogP contribution in [0.2, 0.25) is 5.02 Å². The Balaban J connectivity index is 1.50. The number of carbonyl (C=O) groups excluding carboxylic acids is 2. The lowest BCUT2D eigenvalue weighted by atomic mass is 10.1. The van der Waals surface area contributed by atoms with Crippen molar-refractivity contribution in [2.45, 2.75) is 6.54 Å². The maximum atomic E-state index is 14.0. The molecule has 0 spiro atoms. The lowest BCUT2D eigenvalue weighted by molar-refractivity contribution is -0.123. The molecule has 2 aromatic rings. The number of hydrogen-bond acceptors (Lipinski definition) is 5. The highest BCUT2D eigenvalue weighted by atomic mass is 35.5. The maximum Gasteiger partial charge on any atom is 0.293 e. The van der Waals surface area contributed by atoms with E-state index in [1.165, 1.54) is 18.2 Å². The van der Waals surface area contributed by atoms with Crippen LogP contribution < -0.4 is 4.90 Å². The zero-order valence-corrected chi connectivity index (χ0v) is 17.0. The van der Waals surface area contributed by atoms with Crippen molar-refractivity contribution in [3.8, 4) is 0 Å². The second kappa shape index (κ2) is 8.57. The van der Waals surface area contributed by atoms with Crippen LogP contribution in [0.5, 0.6) is 0 Å². The number of thioether (sulfide) groups is 1. The van der Waals surface area contributed by atoms with Gasteiger partial charge in [0.25, 0.3) is 11.1 Å². The van der Waals surface area contributed by atoms with Crippen LogP contribution in [0.1, 0.15) is 11.1 Å². The Hall–Kier alpha value is -2.35. The summed E-state index contributed by atoms with van der Waals surface area (Å²) in [6, 6.07) is 12.1. The van der Waals surface area contributed by atoms with Gasteiger partial charge in [0.1, 0.15) is 5.82 Å². The summed E-state index contributed by atoms with van der Waals surface area (Å²) in [5.74, 6) is -0.990. The van der Waals surface area contributed by atoms with Crippen molar-refractivity contribution >= 4 is 46.3 Å². The number of amides is 2. The third kappa shape index (κ3) is 4.32. The fraction of sp³-hybridized carbons (Fsp3) is 0.238. The summed E-state index contributed by atoms with van der Waals surface area (Å²) in [6.07, 6.45) is 1.68. The van der Waals surface area contributed by atoms with Crippen LogP contribution in [0.3, 0.4) is 0 Å². The van der Waals surface area contributed by atoms with Gasteiger partial charge in [-0.25, -0.2) is 4.39 Å². The minimum Gasteiger partial charge on any atom is -0.378 e. The zero-order chi connectivity index (χ0) is 20.4. The van der Waals surface area contributed by atoms with Gasteiger partial charge in [-0.2, -0.15) is 0 Å². The quantitative estimate of drug-likeness (QED) is 0.663. The molecule has 2 fully saturated rings. The van der Waals surface area contributed by atoms with E-state index in [1.54, 1.807) is 6.08 Å². The molecule has 0 atom stereocenters. The van der Waals surface area contributed by atoms with Crippen molar-refractivity contribution in [3.63, 3.8) is 0 Å². The van der Waals surface area contributed by atoms with E-state index in [2.05, 4.69) is 4.90 Å². The molecule has 0 aromatic heterocycles. The van der Waals surface area contributed by atoms with Crippen LogP contribution in [0.4, 0.5) is 14.9 Å². The molecule has 8 heteroatoms. The molecule has 4 rings (SSSR count). The lowest BCUT2D eigenvalue weighted by Crippen LogP contribution is -2.36. The summed E-state index contributed by atoms with van der Waals surface area (Å²) in [7, 11) is 0. The molecule has 2 saturated heterocycles. The molecule has 29 heavy (non-hydrogen) atoms. The zero-order valence-electron chi connectivity index (χ0n) is 15.4. The number of halogens is 2. The molecule has 0 aliphatic carbocycles. The van der Waals surface area contributed by atoms with Crippen LogP contribution in [0, 0.1) is 5.82 Å². The molecule has 5 nitrogen and oxygen atoms in total. The Morgan fingerprint density at radius 3 is 2.52 bits per heavy atom. The number of imide groups is 1. The Labute approximate surface area is 177 Å². The Morgan fingerprint density at radius 1 is 1.10 bits per heavy atom. The second-order valence-corrected chi connectivity index (χ2v) is 8.06. The highest BCUT2D eigenvalue weighted by molar-refractivity contribution is 8.18. The summed E-state index contributed by atoms with van der Waals surface area (Å²) in [5.41, 5.74) is 2.04. The number of hydrogen-bond donors (Lipinski definition) is 0. The summed E-state index contributed by atoms with van der Waals surface area (Å²) in [4.78, 5) is 28.6. The van der Waals surface area contributed by atoms with Gasteiger partial charge in [0.15, 0.2) is 0 Å². The Morgan fingerprint density at radius 2 is 1.83 bits per heavy atom. The fourth-order valence-corrected chi connectivity index (χ4v) is 4.29. The lowest BCUT2D eigenvalue weighted by Gasteiger charge is -2.28. The van der Waals surface area contributed by atoms with Gasteiger partial charge >= 0.3 is 0 Å². The van der Waals surface area contributed by atoms with Gasteiger partial charge in [0, 0.05) is 29.4 Å². The number of nitrogens with zero attached hydrogens (tertiary/aromatic N) is 2.